The number of nitrogens with one attached hydrogen (secondary N) is 1. The zero-order valence-corrected chi connectivity index (χ0v) is 15.1. The lowest BCUT2D eigenvalue weighted by atomic mass is 10.0. The summed E-state index contributed by atoms with van der Waals surface area (Å²) in [4.78, 5) is 28.4. The van der Waals surface area contributed by atoms with Gasteiger partial charge in [-0.25, -0.2) is 9.78 Å². The van der Waals surface area contributed by atoms with E-state index in [4.69, 9.17) is 4.74 Å². The van der Waals surface area contributed by atoms with Gasteiger partial charge in [0.1, 0.15) is 11.0 Å². The highest BCUT2D eigenvalue weighted by atomic mass is 32.1. The van der Waals surface area contributed by atoms with Gasteiger partial charge in [0.05, 0.1) is 19.2 Å². The van der Waals surface area contributed by atoms with Gasteiger partial charge in [0.15, 0.2) is 0 Å². The molecule has 0 saturated heterocycles. The Morgan fingerprint density at radius 2 is 1.92 bits per heavy atom. The highest BCUT2D eigenvalue weighted by Crippen LogP contribution is 2.24. The summed E-state index contributed by atoms with van der Waals surface area (Å²) in [5.41, 5.74) is 2.92. The molecule has 5 nitrogen and oxygen atoms in total. The van der Waals surface area contributed by atoms with Crippen LogP contribution in [-0.4, -0.2) is 30.0 Å². The number of methoxy groups -OCH3 is 1. The number of carbonyl (C=O) groups excluding carboxylic acids is 2. The van der Waals surface area contributed by atoms with Crippen molar-refractivity contribution in [2.75, 3.05) is 7.11 Å². The van der Waals surface area contributed by atoms with E-state index in [0.717, 1.165) is 10.6 Å². The first-order valence-corrected chi connectivity index (χ1v) is 8.67. The fourth-order valence-corrected chi connectivity index (χ4v) is 3.06. The second-order valence-electron chi connectivity index (χ2n) is 6.00. The predicted molar refractivity (Wildman–Crippen MR) is 94.8 cm³/mol. The molecule has 0 aliphatic heterocycles. The fourth-order valence-electron chi connectivity index (χ4n) is 2.23. The largest absolute Gasteiger partial charge is 0.467 e. The van der Waals surface area contributed by atoms with Crippen LogP contribution in [-0.2, 0) is 20.7 Å². The number of nitrogens with zero attached hydrogens (tertiary/aromatic N) is 1. The van der Waals surface area contributed by atoms with E-state index >= 15 is 0 Å². The van der Waals surface area contributed by atoms with Crippen molar-refractivity contribution in [1.82, 2.24) is 10.3 Å². The first-order chi connectivity index (χ1) is 11.4. The molecule has 0 saturated carbocycles. The number of carbonyl (C=O) groups is 2. The van der Waals surface area contributed by atoms with Crippen molar-refractivity contribution in [1.29, 1.82) is 0 Å². The quantitative estimate of drug-likeness (QED) is 0.817. The van der Waals surface area contributed by atoms with Crippen LogP contribution in [0.4, 0.5) is 0 Å². The summed E-state index contributed by atoms with van der Waals surface area (Å²) in [7, 11) is 1.32. The Morgan fingerprint density at radius 3 is 2.50 bits per heavy atom. The third-order valence-corrected chi connectivity index (χ3v) is 4.57. The molecule has 0 aliphatic carbocycles. The monoisotopic (exact) mass is 346 g/mol. The molecule has 1 aromatic carbocycles. The Balaban J connectivity index is 2.02. The van der Waals surface area contributed by atoms with Crippen molar-refractivity contribution in [3.8, 4) is 10.6 Å². The van der Waals surface area contributed by atoms with E-state index < -0.39 is 12.0 Å². The van der Waals surface area contributed by atoms with Gasteiger partial charge in [-0.15, -0.1) is 11.3 Å². The molecule has 1 unspecified atom stereocenters. The second kappa shape index (κ2) is 8.06. The summed E-state index contributed by atoms with van der Waals surface area (Å²) < 4.78 is 4.73. The number of amides is 1. The summed E-state index contributed by atoms with van der Waals surface area (Å²) in [6.07, 6.45) is 0.141. The molecular weight excluding hydrogens is 324 g/mol. The molecule has 128 valence electrons. The van der Waals surface area contributed by atoms with E-state index in [-0.39, 0.29) is 18.2 Å². The van der Waals surface area contributed by atoms with Crippen LogP contribution in [0.15, 0.2) is 29.6 Å². The van der Waals surface area contributed by atoms with Gasteiger partial charge in [-0.2, -0.15) is 0 Å². The zero-order chi connectivity index (χ0) is 17.7. The van der Waals surface area contributed by atoms with Gasteiger partial charge in [0, 0.05) is 10.9 Å². The van der Waals surface area contributed by atoms with Gasteiger partial charge < -0.3 is 10.1 Å². The Labute approximate surface area is 146 Å². The molecule has 0 radical (unpaired) electrons. The number of ether oxygens (including phenoxy) is 1. The maximum absolute atomic E-state index is 12.2. The topological polar surface area (TPSA) is 68.3 Å². The maximum Gasteiger partial charge on any atom is 0.328 e. The number of benzene rings is 1. The fraction of sp³-hybridized carbons (Fsp3) is 0.389. The normalized spacial score (nSPS) is 12.0. The Kier molecular flexibility index (Phi) is 6.09. The van der Waals surface area contributed by atoms with Crippen LogP contribution in [0.25, 0.3) is 10.6 Å². The molecular formula is C18H22N2O3S. The third-order valence-electron chi connectivity index (χ3n) is 3.63. The maximum atomic E-state index is 12.2. The molecule has 2 aromatic rings. The third kappa shape index (κ3) is 4.64. The molecule has 0 aliphatic rings. The number of hydrogen-bond acceptors (Lipinski definition) is 5. The van der Waals surface area contributed by atoms with Gasteiger partial charge in [-0.3, -0.25) is 4.79 Å². The Bertz CT molecular complexity index is 707. The smallest absolute Gasteiger partial charge is 0.328 e. The van der Waals surface area contributed by atoms with Gasteiger partial charge in [0.2, 0.25) is 5.91 Å². The van der Waals surface area contributed by atoms with Crippen molar-refractivity contribution in [3.63, 3.8) is 0 Å². The summed E-state index contributed by atoms with van der Waals surface area (Å²) >= 11 is 1.50. The highest BCUT2D eigenvalue weighted by Gasteiger charge is 2.25. The molecule has 6 heteroatoms. The second-order valence-corrected chi connectivity index (χ2v) is 6.86. The molecule has 1 heterocycles. The van der Waals surface area contributed by atoms with E-state index in [0.29, 0.717) is 5.69 Å². The molecule has 1 aromatic heterocycles. The van der Waals surface area contributed by atoms with Gasteiger partial charge in [-0.05, 0) is 12.8 Å². The van der Waals surface area contributed by atoms with Gasteiger partial charge >= 0.3 is 5.97 Å². The lowest BCUT2D eigenvalue weighted by Crippen LogP contribution is -2.45. The number of hydrogen-bond donors (Lipinski definition) is 1. The van der Waals surface area contributed by atoms with Crippen molar-refractivity contribution >= 4 is 23.2 Å². The molecule has 2 rings (SSSR count). The van der Waals surface area contributed by atoms with Crippen molar-refractivity contribution in [2.24, 2.45) is 5.92 Å². The number of aryl methyl sites for hydroxylation is 1. The number of esters is 1. The Morgan fingerprint density at radius 1 is 1.25 bits per heavy atom. The molecule has 24 heavy (non-hydrogen) atoms. The summed E-state index contributed by atoms with van der Waals surface area (Å²) in [5, 5.41) is 5.48. The predicted octanol–water partition coefficient (Wildman–Crippen LogP) is 2.97. The lowest BCUT2D eigenvalue weighted by molar-refractivity contribution is -0.146. The van der Waals surface area contributed by atoms with Crippen LogP contribution in [0.1, 0.15) is 25.1 Å². The van der Waals surface area contributed by atoms with Crippen LogP contribution >= 0.6 is 11.3 Å². The van der Waals surface area contributed by atoms with Crippen molar-refractivity contribution in [2.45, 2.75) is 33.2 Å². The number of rotatable bonds is 6. The minimum Gasteiger partial charge on any atom is -0.467 e. The number of aromatic nitrogens is 1. The van der Waals surface area contributed by atoms with Crippen molar-refractivity contribution in [3.05, 3.63) is 40.9 Å². The highest BCUT2D eigenvalue weighted by molar-refractivity contribution is 7.13. The minimum atomic E-state index is -0.641. The van der Waals surface area contributed by atoms with Crippen LogP contribution in [0.5, 0.6) is 0 Å². The van der Waals surface area contributed by atoms with Crippen LogP contribution < -0.4 is 5.32 Å². The van der Waals surface area contributed by atoms with E-state index in [9.17, 15) is 9.59 Å². The zero-order valence-electron chi connectivity index (χ0n) is 14.3. The summed E-state index contributed by atoms with van der Waals surface area (Å²) in [6.45, 7) is 5.76. The molecule has 0 fully saturated rings. The van der Waals surface area contributed by atoms with Crippen LogP contribution in [0, 0.1) is 12.8 Å². The van der Waals surface area contributed by atoms with Crippen LogP contribution in [0.2, 0.25) is 0 Å². The van der Waals surface area contributed by atoms with E-state index in [2.05, 4.69) is 10.3 Å². The minimum absolute atomic E-state index is 0.0417. The summed E-state index contributed by atoms with van der Waals surface area (Å²) in [5.74, 6) is -0.711. The van der Waals surface area contributed by atoms with E-state index in [1.807, 2.05) is 50.4 Å². The van der Waals surface area contributed by atoms with Gasteiger partial charge in [-0.1, -0.05) is 43.7 Å². The molecule has 1 atom stereocenters. The summed E-state index contributed by atoms with van der Waals surface area (Å²) in [6, 6.07) is 7.46. The van der Waals surface area contributed by atoms with E-state index in [1.165, 1.54) is 24.0 Å². The van der Waals surface area contributed by atoms with Crippen molar-refractivity contribution < 1.29 is 14.3 Å². The first kappa shape index (κ1) is 18.1. The van der Waals surface area contributed by atoms with Crippen LogP contribution in [0.3, 0.4) is 0 Å². The molecule has 0 spiro atoms. The average molecular weight is 346 g/mol. The average Bonchev–Trinajstić information content (AvgIpc) is 3.00. The number of thiazole rings is 1. The lowest BCUT2D eigenvalue weighted by Gasteiger charge is -2.19. The SMILES string of the molecule is COC(=O)C(NC(=O)Cc1csc(-c2ccc(C)cc2)n1)C(C)C. The molecule has 0 bridgehead atoms. The van der Waals surface area contributed by atoms with E-state index in [1.54, 1.807) is 0 Å². The van der Waals surface area contributed by atoms with Gasteiger partial charge in [0.25, 0.3) is 0 Å². The Hall–Kier alpha value is -2.21. The molecule has 1 amide bonds. The standard InChI is InChI=1S/C18H22N2O3S/c1-11(2)16(18(22)23-4)20-15(21)9-14-10-24-17(19-14)13-7-5-12(3)6-8-13/h5-8,10-11,16H,9H2,1-4H3,(H,20,21). The molecule has 1 N–H and O–H groups in total. The first-order valence-electron chi connectivity index (χ1n) is 7.79.